The van der Waals surface area contributed by atoms with E-state index in [1.54, 1.807) is 25.3 Å². The van der Waals surface area contributed by atoms with Gasteiger partial charge in [0.2, 0.25) is 11.2 Å². The number of fused-ring (bicyclic) bond motifs is 1. The highest BCUT2D eigenvalue weighted by Crippen LogP contribution is 2.34. The maximum atomic E-state index is 12.2. The van der Waals surface area contributed by atoms with Crippen molar-refractivity contribution >= 4 is 22.3 Å². The molecule has 0 spiro atoms. The second-order valence-corrected chi connectivity index (χ2v) is 5.37. The van der Waals surface area contributed by atoms with Crippen LogP contribution in [-0.2, 0) is 0 Å². The molecule has 4 nitrogen and oxygen atoms in total. The van der Waals surface area contributed by atoms with E-state index in [1.165, 1.54) is 11.3 Å². The summed E-state index contributed by atoms with van der Waals surface area (Å²) < 4.78 is 10.8. The summed E-state index contributed by atoms with van der Waals surface area (Å²) in [4.78, 5) is 12.9. The summed E-state index contributed by atoms with van der Waals surface area (Å²) in [5.74, 6) is 0.443. The molecule has 0 saturated heterocycles. The third-order valence-electron chi connectivity index (χ3n) is 3.03. The summed E-state index contributed by atoms with van der Waals surface area (Å²) >= 11 is 1.42. The second kappa shape index (κ2) is 4.68. The van der Waals surface area contributed by atoms with E-state index >= 15 is 0 Å². The van der Waals surface area contributed by atoms with Crippen LogP contribution in [0.5, 0.6) is 11.5 Å². The van der Waals surface area contributed by atoms with Crippen LogP contribution in [0.15, 0.2) is 38.9 Å². The number of hydrogen-bond donors (Lipinski definition) is 1. The maximum Gasteiger partial charge on any atom is 0.235 e. The van der Waals surface area contributed by atoms with Crippen LogP contribution in [0.2, 0.25) is 0 Å². The second-order valence-electron chi connectivity index (χ2n) is 4.46. The van der Waals surface area contributed by atoms with Crippen LogP contribution in [0.25, 0.3) is 21.6 Å². The third-order valence-corrected chi connectivity index (χ3v) is 4.08. The van der Waals surface area contributed by atoms with E-state index in [9.17, 15) is 9.90 Å². The normalized spacial score (nSPS) is 10.9. The van der Waals surface area contributed by atoms with E-state index in [1.807, 2.05) is 18.4 Å². The minimum absolute atomic E-state index is 0.203. The molecule has 2 heterocycles. The van der Waals surface area contributed by atoms with E-state index in [0.717, 1.165) is 10.4 Å². The molecule has 0 unspecified atom stereocenters. The number of aromatic hydroxyl groups is 1. The molecule has 102 valence electrons. The van der Waals surface area contributed by atoms with Gasteiger partial charge in [-0.3, -0.25) is 4.79 Å². The molecule has 0 atom stereocenters. The molecule has 20 heavy (non-hydrogen) atoms. The summed E-state index contributed by atoms with van der Waals surface area (Å²) in [5, 5.41) is 12.3. The maximum absolute atomic E-state index is 12.2. The number of methoxy groups -OCH3 is 1. The topological polar surface area (TPSA) is 59.7 Å². The highest BCUT2D eigenvalue weighted by Gasteiger charge is 2.16. The largest absolute Gasteiger partial charge is 0.501 e. The smallest absolute Gasteiger partial charge is 0.235 e. The Kier molecular flexibility index (Phi) is 2.99. The number of aryl methyl sites for hydroxylation is 1. The predicted octanol–water partition coefficient (Wildman–Crippen LogP) is 3.54. The van der Waals surface area contributed by atoms with Crippen LogP contribution in [0.1, 0.15) is 5.56 Å². The van der Waals surface area contributed by atoms with Crippen LogP contribution in [0.4, 0.5) is 0 Å². The van der Waals surface area contributed by atoms with Crippen molar-refractivity contribution in [3.8, 4) is 22.1 Å². The fourth-order valence-corrected chi connectivity index (χ4v) is 2.89. The highest BCUT2D eigenvalue weighted by molar-refractivity contribution is 7.13. The summed E-state index contributed by atoms with van der Waals surface area (Å²) in [6, 6.07) is 6.76. The molecule has 0 radical (unpaired) electrons. The minimum atomic E-state index is -0.435. The molecule has 5 heteroatoms. The SMILES string of the molecule is COc1ccc2c(=O)c(O)c(-c3cc(C)cs3)oc2c1. The van der Waals surface area contributed by atoms with Crippen molar-refractivity contribution in [1.82, 2.24) is 0 Å². The van der Waals surface area contributed by atoms with Crippen LogP contribution in [0.3, 0.4) is 0 Å². The van der Waals surface area contributed by atoms with Crippen molar-refractivity contribution < 1.29 is 14.3 Å². The van der Waals surface area contributed by atoms with Gasteiger partial charge < -0.3 is 14.3 Å². The lowest BCUT2D eigenvalue weighted by atomic mass is 10.2. The number of benzene rings is 1. The first-order chi connectivity index (χ1) is 9.60. The Morgan fingerprint density at radius 1 is 1.30 bits per heavy atom. The quantitative estimate of drug-likeness (QED) is 0.783. The Morgan fingerprint density at radius 2 is 2.10 bits per heavy atom. The number of thiophene rings is 1. The first-order valence-corrected chi connectivity index (χ1v) is 6.87. The van der Waals surface area contributed by atoms with Gasteiger partial charge in [-0.05, 0) is 36.1 Å². The standard InChI is InChI=1S/C15H12O4S/c1-8-5-12(20-7-8)15-14(17)13(16)10-4-3-9(18-2)6-11(10)19-15/h3-7,17H,1-2H3. The molecule has 0 aliphatic heterocycles. The third kappa shape index (κ3) is 1.96. The monoisotopic (exact) mass is 288 g/mol. The highest BCUT2D eigenvalue weighted by atomic mass is 32.1. The van der Waals surface area contributed by atoms with Crippen molar-refractivity contribution in [3.05, 3.63) is 45.4 Å². The van der Waals surface area contributed by atoms with Gasteiger partial charge in [0.05, 0.1) is 17.4 Å². The van der Waals surface area contributed by atoms with E-state index in [2.05, 4.69) is 0 Å². The fraction of sp³-hybridized carbons (Fsp3) is 0.133. The molecule has 2 aromatic heterocycles. The van der Waals surface area contributed by atoms with E-state index in [4.69, 9.17) is 9.15 Å². The molecule has 0 bridgehead atoms. The van der Waals surface area contributed by atoms with Crippen molar-refractivity contribution in [2.75, 3.05) is 7.11 Å². The lowest BCUT2D eigenvalue weighted by Gasteiger charge is -2.05. The van der Waals surface area contributed by atoms with Gasteiger partial charge in [0.25, 0.3) is 0 Å². The van der Waals surface area contributed by atoms with Gasteiger partial charge >= 0.3 is 0 Å². The van der Waals surface area contributed by atoms with Gasteiger partial charge in [-0.25, -0.2) is 0 Å². The van der Waals surface area contributed by atoms with Crippen molar-refractivity contribution in [2.45, 2.75) is 6.92 Å². The molecule has 0 amide bonds. The number of rotatable bonds is 2. The Hall–Kier alpha value is -2.27. The first kappa shape index (κ1) is 12.7. The van der Waals surface area contributed by atoms with Gasteiger partial charge in [0, 0.05) is 6.07 Å². The zero-order valence-corrected chi connectivity index (χ0v) is 11.8. The predicted molar refractivity (Wildman–Crippen MR) is 78.8 cm³/mol. The molecule has 1 aromatic carbocycles. The van der Waals surface area contributed by atoms with Gasteiger partial charge in [-0.2, -0.15) is 0 Å². The molecular formula is C15H12O4S. The van der Waals surface area contributed by atoms with Crippen molar-refractivity contribution in [2.24, 2.45) is 0 Å². The summed E-state index contributed by atoms with van der Waals surface area (Å²) in [5.41, 5.74) is 1.01. The summed E-state index contributed by atoms with van der Waals surface area (Å²) in [6.45, 7) is 1.94. The number of hydrogen-bond acceptors (Lipinski definition) is 5. The van der Waals surface area contributed by atoms with Crippen molar-refractivity contribution in [3.63, 3.8) is 0 Å². The molecular weight excluding hydrogens is 276 g/mol. The lowest BCUT2D eigenvalue weighted by molar-refractivity contribution is 0.413. The van der Waals surface area contributed by atoms with E-state index in [0.29, 0.717) is 16.7 Å². The Bertz CT molecular complexity index is 845. The van der Waals surface area contributed by atoms with Gasteiger partial charge in [0.1, 0.15) is 11.3 Å². The zero-order chi connectivity index (χ0) is 14.3. The Morgan fingerprint density at radius 3 is 2.75 bits per heavy atom. The van der Waals surface area contributed by atoms with Gasteiger partial charge in [-0.1, -0.05) is 0 Å². The molecule has 3 rings (SSSR count). The van der Waals surface area contributed by atoms with Crippen LogP contribution in [0, 0.1) is 6.92 Å². The molecule has 3 aromatic rings. The summed E-state index contributed by atoms with van der Waals surface area (Å²) in [6.07, 6.45) is 0. The van der Waals surface area contributed by atoms with E-state index < -0.39 is 5.43 Å². The summed E-state index contributed by atoms with van der Waals surface area (Å²) in [7, 11) is 1.54. The van der Waals surface area contributed by atoms with Gasteiger partial charge in [0.15, 0.2) is 5.76 Å². The van der Waals surface area contributed by atoms with Gasteiger partial charge in [-0.15, -0.1) is 11.3 Å². The average Bonchev–Trinajstić information content (AvgIpc) is 2.88. The van der Waals surface area contributed by atoms with Crippen LogP contribution >= 0.6 is 11.3 Å². The molecule has 0 aliphatic rings. The first-order valence-electron chi connectivity index (χ1n) is 5.99. The molecule has 0 fully saturated rings. The van der Waals surface area contributed by atoms with E-state index in [-0.39, 0.29) is 11.5 Å². The van der Waals surface area contributed by atoms with Crippen LogP contribution < -0.4 is 10.2 Å². The Balaban J connectivity index is 2.33. The number of ether oxygens (including phenoxy) is 1. The average molecular weight is 288 g/mol. The fourth-order valence-electron chi connectivity index (χ4n) is 2.01. The zero-order valence-electron chi connectivity index (χ0n) is 11.0. The van der Waals surface area contributed by atoms with Crippen molar-refractivity contribution in [1.29, 1.82) is 0 Å². The van der Waals surface area contributed by atoms with Crippen LogP contribution in [-0.4, -0.2) is 12.2 Å². The minimum Gasteiger partial charge on any atom is -0.501 e. The molecule has 0 aliphatic carbocycles. The molecule has 1 N–H and O–H groups in total. The lowest BCUT2D eigenvalue weighted by Crippen LogP contribution is -2.02. The molecule has 0 saturated carbocycles. The Labute approximate surface area is 118 Å².